The summed E-state index contributed by atoms with van der Waals surface area (Å²) in [6.07, 6.45) is 6.74. The lowest BCUT2D eigenvalue weighted by Crippen LogP contribution is -2.51. The van der Waals surface area contributed by atoms with Crippen molar-refractivity contribution in [3.63, 3.8) is 0 Å². The van der Waals surface area contributed by atoms with E-state index in [-0.39, 0.29) is 36.9 Å². The van der Waals surface area contributed by atoms with Crippen molar-refractivity contribution in [2.24, 2.45) is 0 Å². The molecule has 3 heterocycles. The van der Waals surface area contributed by atoms with Crippen LogP contribution in [0.4, 0.5) is 5.69 Å². The summed E-state index contributed by atoms with van der Waals surface area (Å²) in [7, 11) is 0. The van der Waals surface area contributed by atoms with E-state index < -0.39 is 5.69 Å². The molecule has 0 atom stereocenters. The molecule has 0 bridgehead atoms. The van der Waals surface area contributed by atoms with E-state index in [1.807, 2.05) is 12.1 Å². The number of carbonyl (C=O) groups is 2. The zero-order valence-electron chi connectivity index (χ0n) is 18.0. The summed E-state index contributed by atoms with van der Waals surface area (Å²) in [5, 5.41) is 2.66. The normalized spacial score (nSPS) is 15.9. The molecule has 1 aliphatic carbocycles. The standard InChI is InChI=1S/C22H28N6O4/c29-19(7-10-28-18-4-2-1-3-17(18)21(31)25-22(28)32)24-15-20(30)27-13-11-26(12-14-27)16-5-8-23-9-6-16/h5-6,8-9H,1-4,7,10-15H2,(H,24,29)(H,25,31,32). The van der Waals surface area contributed by atoms with Gasteiger partial charge in [0.1, 0.15) is 0 Å². The van der Waals surface area contributed by atoms with Gasteiger partial charge in [-0.3, -0.25) is 28.9 Å². The maximum atomic E-state index is 12.5. The molecule has 2 amide bonds. The minimum atomic E-state index is -0.480. The van der Waals surface area contributed by atoms with Gasteiger partial charge in [-0.05, 0) is 37.8 Å². The maximum Gasteiger partial charge on any atom is 0.328 e. The second-order valence-corrected chi connectivity index (χ2v) is 8.14. The quantitative estimate of drug-likeness (QED) is 0.634. The number of aromatic amines is 1. The zero-order valence-corrected chi connectivity index (χ0v) is 18.0. The number of nitrogens with one attached hydrogen (secondary N) is 2. The fraction of sp³-hybridized carbons (Fsp3) is 0.500. The van der Waals surface area contributed by atoms with E-state index >= 15 is 0 Å². The number of aromatic nitrogens is 3. The number of carbonyl (C=O) groups excluding carboxylic acids is 2. The number of fused-ring (bicyclic) bond motifs is 1. The van der Waals surface area contributed by atoms with E-state index in [1.54, 1.807) is 17.3 Å². The minimum Gasteiger partial charge on any atom is -0.368 e. The Morgan fingerprint density at radius 2 is 1.75 bits per heavy atom. The van der Waals surface area contributed by atoms with Crippen molar-refractivity contribution >= 4 is 17.5 Å². The molecule has 1 fully saturated rings. The van der Waals surface area contributed by atoms with E-state index in [1.165, 1.54) is 4.57 Å². The Hall–Kier alpha value is -3.43. The summed E-state index contributed by atoms with van der Waals surface area (Å²) in [6.45, 7) is 2.76. The van der Waals surface area contributed by atoms with E-state index in [9.17, 15) is 19.2 Å². The van der Waals surface area contributed by atoms with Crippen LogP contribution in [0.5, 0.6) is 0 Å². The lowest BCUT2D eigenvalue weighted by Gasteiger charge is -2.36. The highest BCUT2D eigenvalue weighted by Gasteiger charge is 2.22. The minimum absolute atomic E-state index is 0.0628. The van der Waals surface area contributed by atoms with Crippen LogP contribution in [0.15, 0.2) is 34.1 Å². The van der Waals surface area contributed by atoms with Gasteiger partial charge in [0.05, 0.1) is 6.54 Å². The van der Waals surface area contributed by atoms with Gasteiger partial charge in [0, 0.05) is 68.5 Å². The maximum absolute atomic E-state index is 12.5. The lowest BCUT2D eigenvalue weighted by molar-refractivity contribution is -0.133. The second-order valence-electron chi connectivity index (χ2n) is 8.14. The molecule has 10 heteroatoms. The monoisotopic (exact) mass is 440 g/mol. The van der Waals surface area contributed by atoms with Crippen LogP contribution in [0.1, 0.15) is 30.5 Å². The van der Waals surface area contributed by atoms with Gasteiger partial charge in [0.2, 0.25) is 11.8 Å². The van der Waals surface area contributed by atoms with Crippen molar-refractivity contribution < 1.29 is 9.59 Å². The molecule has 2 aromatic heterocycles. The molecule has 2 N–H and O–H groups in total. The van der Waals surface area contributed by atoms with Crippen LogP contribution < -0.4 is 21.5 Å². The Morgan fingerprint density at radius 3 is 2.50 bits per heavy atom. The molecule has 2 aliphatic rings. The largest absolute Gasteiger partial charge is 0.368 e. The van der Waals surface area contributed by atoms with Crippen molar-refractivity contribution in [1.82, 2.24) is 24.8 Å². The van der Waals surface area contributed by atoms with E-state index in [4.69, 9.17) is 0 Å². The van der Waals surface area contributed by atoms with Gasteiger partial charge in [-0.15, -0.1) is 0 Å². The molecule has 0 radical (unpaired) electrons. The summed E-state index contributed by atoms with van der Waals surface area (Å²) in [4.78, 5) is 59.4. The van der Waals surface area contributed by atoms with Crippen LogP contribution in [-0.4, -0.2) is 64.0 Å². The highest BCUT2D eigenvalue weighted by molar-refractivity contribution is 5.84. The smallest absolute Gasteiger partial charge is 0.328 e. The van der Waals surface area contributed by atoms with Crippen LogP contribution in [0.2, 0.25) is 0 Å². The van der Waals surface area contributed by atoms with Gasteiger partial charge in [-0.2, -0.15) is 0 Å². The first kappa shape index (κ1) is 21.8. The van der Waals surface area contributed by atoms with E-state index in [0.717, 1.165) is 37.3 Å². The molecule has 170 valence electrons. The fourth-order valence-corrected chi connectivity index (χ4v) is 4.39. The summed E-state index contributed by atoms with van der Waals surface area (Å²) < 4.78 is 1.50. The Morgan fingerprint density at radius 1 is 1.03 bits per heavy atom. The predicted octanol–water partition coefficient (Wildman–Crippen LogP) is -0.334. The van der Waals surface area contributed by atoms with Crippen molar-refractivity contribution in [1.29, 1.82) is 0 Å². The van der Waals surface area contributed by atoms with Gasteiger partial charge in [0.25, 0.3) is 5.56 Å². The summed E-state index contributed by atoms with van der Waals surface area (Å²) in [6, 6.07) is 3.89. The molecule has 10 nitrogen and oxygen atoms in total. The summed E-state index contributed by atoms with van der Waals surface area (Å²) in [5.74, 6) is -0.414. The fourth-order valence-electron chi connectivity index (χ4n) is 4.39. The summed E-state index contributed by atoms with van der Waals surface area (Å²) >= 11 is 0. The van der Waals surface area contributed by atoms with E-state index in [2.05, 4.69) is 20.2 Å². The van der Waals surface area contributed by atoms with Crippen molar-refractivity contribution in [2.45, 2.75) is 38.6 Å². The molecule has 1 aliphatic heterocycles. The van der Waals surface area contributed by atoms with Crippen molar-refractivity contribution in [2.75, 3.05) is 37.6 Å². The molecule has 2 aromatic rings. The SMILES string of the molecule is O=C(CCn1c2c(c(=O)[nH]c1=O)CCCC2)NCC(=O)N1CCN(c2ccncc2)CC1. The number of nitrogens with zero attached hydrogens (tertiary/aromatic N) is 4. The molecule has 0 aromatic carbocycles. The number of anilines is 1. The average Bonchev–Trinajstić information content (AvgIpc) is 2.83. The molecule has 0 saturated carbocycles. The first-order valence-corrected chi connectivity index (χ1v) is 11.1. The third kappa shape index (κ3) is 4.90. The van der Waals surface area contributed by atoms with Gasteiger partial charge in [0.15, 0.2) is 0 Å². The van der Waals surface area contributed by atoms with Gasteiger partial charge in [-0.1, -0.05) is 0 Å². The molecule has 32 heavy (non-hydrogen) atoms. The van der Waals surface area contributed by atoms with Crippen LogP contribution >= 0.6 is 0 Å². The molecular formula is C22H28N6O4. The molecule has 1 saturated heterocycles. The molecule has 0 unspecified atom stereocenters. The molecule has 4 rings (SSSR count). The highest BCUT2D eigenvalue weighted by atomic mass is 16.2. The highest BCUT2D eigenvalue weighted by Crippen LogP contribution is 2.17. The van der Waals surface area contributed by atoms with Gasteiger partial charge >= 0.3 is 5.69 Å². The van der Waals surface area contributed by atoms with Crippen molar-refractivity contribution in [3.8, 4) is 0 Å². The Bertz CT molecular complexity index is 1090. The average molecular weight is 441 g/mol. The number of piperazine rings is 1. The number of amides is 2. The topological polar surface area (TPSA) is 120 Å². The zero-order chi connectivity index (χ0) is 22.5. The van der Waals surface area contributed by atoms with Crippen LogP contribution in [0, 0.1) is 0 Å². The number of hydrogen-bond acceptors (Lipinski definition) is 6. The van der Waals surface area contributed by atoms with Crippen LogP contribution in [0.3, 0.4) is 0 Å². The lowest BCUT2D eigenvalue weighted by atomic mass is 9.97. The predicted molar refractivity (Wildman–Crippen MR) is 119 cm³/mol. The second kappa shape index (κ2) is 9.80. The van der Waals surface area contributed by atoms with Gasteiger partial charge < -0.3 is 15.1 Å². The number of hydrogen-bond donors (Lipinski definition) is 2. The third-order valence-corrected chi connectivity index (χ3v) is 6.16. The Kier molecular flexibility index (Phi) is 6.67. The molecular weight excluding hydrogens is 412 g/mol. The summed E-state index contributed by atoms with van der Waals surface area (Å²) in [5.41, 5.74) is 1.67. The van der Waals surface area contributed by atoms with Crippen LogP contribution in [0.25, 0.3) is 0 Å². The molecule has 0 spiro atoms. The Balaban J connectivity index is 1.25. The number of rotatable bonds is 6. The number of pyridine rings is 1. The first-order chi connectivity index (χ1) is 15.5. The third-order valence-electron chi connectivity index (χ3n) is 6.16. The first-order valence-electron chi connectivity index (χ1n) is 11.1. The van der Waals surface area contributed by atoms with Crippen molar-refractivity contribution in [3.05, 3.63) is 56.6 Å². The van der Waals surface area contributed by atoms with Gasteiger partial charge in [-0.25, -0.2) is 4.79 Å². The van der Waals surface area contributed by atoms with Crippen LogP contribution in [-0.2, 0) is 29.0 Å². The van der Waals surface area contributed by atoms with E-state index in [0.29, 0.717) is 31.5 Å². The number of H-pyrrole nitrogens is 1. The Labute approximate surface area is 185 Å².